The van der Waals surface area contributed by atoms with Crippen molar-refractivity contribution in [1.29, 1.82) is 0 Å². The predicted octanol–water partition coefficient (Wildman–Crippen LogP) is 2.08. The zero-order valence-electron chi connectivity index (χ0n) is 12.7. The van der Waals surface area contributed by atoms with E-state index in [1.54, 1.807) is 0 Å². The van der Waals surface area contributed by atoms with Gasteiger partial charge in [0.25, 0.3) is 5.91 Å². The Hall–Kier alpha value is -1.43. The number of carbonyl (C=O) groups is 1. The first kappa shape index (κ1) is 14.5. The number of hydrogen-bond donors (Lipinski definition) is 0. The van der Waals surface area contributed by atoms with Gasteiger partial charge in [0, 0.05) is 25.6 Å². The molecule has 3 heterocycles. The molecule has 0 bridgehead atoms. The Balaban J connectivity index is 1.65. The van der Waals surface area contributed by atoms with Crippen LogP contribution in [0.2, 0.25) is 0 Å². The molecular formula is C15H23N3O3. The Labute approximate surface area is 124 Å². The Morgan fingerprint density at radius 3 is 2.86 bits per heavy atom. The topological polar surface area (TPSA) is 68.5 Å². The van der Waals surface area contributed by atoms with Crippen molar-refractivity contribution in [3.05, 3.63) is 11.7 Å². The molecule has 1 aromatic rings. The average molecular weight is 293 g/mol. The summed E-state index contributed by atoms with van der Waals surface area (Å²) in [6, 6.07) is 0. The van der Waals surface area contributed by atoms with Crippen LogP contribution in [-0.2, 0) is 9.53 Å². The summed E-state index contributed by atoms with van der Waals surface area (Å²) in [5.74, 6) is 1.96. The summed E-state index contributed by atoms with van der Waals surface area (Å²) in [6.45, 7) is 6.26. The Morgan fingerprint density at radius 1 is 1.33 bits per heavy atom. The normalized spacial score (nSPS) is 26.5. The van der Waals surface area contributed by atoms with Gasteiger partial charge >= 0.3 is 0 Å². The first-order valence-corrected chi connectivity index (χ1v) is 7.89. The maximum absolute atomic E-state index is 12.4. The third-order valence-corrected chi connectivity index (χ3v) is 4.26. The van der Waals surface area contributed by atoms with Crippen LogP contribution in [0.4, 0.5) is 0 Å². The number of hydrogen-bond acceptors (Lipinski definition) is 5. The summed E-state index contributed by atoms with van der Waals surface area (Å²) in [7, 11) is 0. The standard InChI is InChI=1S/C15H23N3O3/c1-10(2)13-16-14(21-17-13)11-5-3-7-18(9-11)15(19)12-6-4-8-20-12/h10-12H,3-9H2,1-2H3/t11-,12-/m0/s1. The Morgan fingerprint density at radius 2 is 2.19 bits per heavy atom. The number of likely N-dealkylation sites (tertiary alicyclic amines) is 1. The predicted molar refractivity (Wildman–Crippen MR) is 75.9 cm³/mol. The van der Waals surface area contributed by atoms with E-state index in [0.29, 0.717) is 19.0 Å². The number of carbonyl (C=O) groups excluding carboxylic acids is 1. The van der Waals surface area contributed by atoms with Crippen molar-refractivity contribution in [3.8, 4) is 0 Å². The second kappa shape index (κ2) is 6.13. The third-order valence-electron chi connectivity index (χ3n) is 4.26. The number of ether oxygens (including phenoxy) is 1. The van der Waals surface area contributed by atoms with Crippen molar-refractivity contribution in [2.45, 2.75) is 57.5 Å². The number of piperidine rings is 1. The lowest BCUT2D eigenvalue weighted by atomic mass is 9.97. The van der Waals surface area contributed by atoms with Crippen molar-refractivity contribution >= 4 is 5.91 Å². The second-order valence-electron chi connectivity index (χ2n) is 6.27. The molecule has 2 fully saturated rings. The van der Waals surface area contributed by atoms with Gasteiger partial charge in [-0.05, 0) is 25.7 Å². The van der Waals surface area contributed by atoms with Crippen LogP contribution in [0.3, 0.4) is 0 Å². The second-order valence-corrected chi connectivity index (χ2v) is 6.27. The van der Waals surface area contributed by atoms with E-state index in [0.717, 1.165) is 38.1 Å². The van der Waals surface area contributed by atoms with Gasteiger partial charge in [-0.3, -0.25) is 4.79 Å². The third kappa shape index (κ3) is 3.10. The molecule has 116 valence electrons. The maximum Gasteiger partial charge on any atom is 0.251 e. The average Bonchev–Trinajstić information content (AvgIpc) is 3.18. The smallest absolute Gasteiger partial charge is 0.251 e. The van der Waals surface area contributed by atoms with E-state index in [9.17, 15) is 4.79 Å². The monoisotopic (exact) mass is 293 g/mol. The van der Waals surface area contributed by atoms with Crippen molar-refractivity contribution in [3.63, 3.8) is 0 Å². The summed E-state index contributed by atoms with van der Waals surface area (Å²) in [6.07, 6.45) is 3.56. The molecule has 0 spiro atoms. The van der Waals surface area contributed by atoms with Crippen LogP contribution >= 0.6 is 0 Å². The molecule has 0 radical (unpaired) electrons. The SMILES string of the molecule is CC(C)c1noc([C@H]2CCCN(C(=O)[C@@H]3CCCO3)C2)n1. The van der Waals surface area contributed by atoms with Gasteiger partial charge in [0.1, 0.15) is 6.10 Å². The van der Waals surface area contributed by atoms with Crippen molar-refractivity contribution in [2.24, 2.45) is 0 Å². The first-order valence-electron chi connectivity index (χ1n) is 7.89. The van der Waals surface area contributed by atoms with Gasteiger partial charge in [-0.2, -0.15) is 4.98 Å². The molecule has 21 heavy (non-hydrogen) atoms. The first-order chi connectivity index (χ1) is 10.1. The fourth-order valence-corrected chi connectivity index (χ4v) is 3.00. The summed E-state index contributed by atoms with van der Waals surface area (Å²) in [4.78, 5) is 18.8. The number of aromatic nitrogens is 2. The molecule has 0 N–H and O–H groups in total. The van der Waals surface area contributed by atoms with Gasteiger partial charge in [0.2, 0.25) is 5.89 Å². The fraction of sp³-hybridized carbons (Fsp3) is 0.800. The van der Waals surface area contributed by atoms with Crippen molar-refractivity contribution < 1.29 is 14.1 Å². The van der Waals surface area contributed by atoms with Crippen LogP contribution < -0.4 is 0 Å². The molecule has 0 saturated carbocycles. The minimum Gasteiger partial charge on any atom is -0.368 e. The summed E-state index contributed by atoms with van der Waals surface area (Å²) in [5, 5.41) is 4.02. The van der Waals surface area contributed by atoms with Crippen LogP contribution in [-0.4, -0.2) is 46.7 Å². The number of amides is 1. The lowest BCUT2D eigenvalue weighted by molar-refractivity contribution is -0.142. The molecule has 0 unspecified atom stereocenters. The summed E-state index contributed by atoms with van der Waals surface area (Å²) >= 11 is 0. The molecule has 3 rings (SSSR count). The van der Waals surface area contributed by atoms with Gasteiger partial charge in [-0.1, -0.05) is 19.0 Å². The molecule has 6 heteroatoms. The minimum absolute atomic E-state index is 0.126. The van der Waals surface area contributed by atoms with Gasteiger partial charge in [-0.15, -0.1) is 0 Å². The van der Waals surface area contributed by atoms with Gasteiger partial charge in [-0.25, -0.2) is 0 Å². The van der Waals surface area contributed by atoms with E-state index in [1.165, 1.54) is 0 Å². The zero-order chi connectivity index (χ0) is 14.8. The van der Waals surface area contributed by atoms with E-state index in [1.807, 2.05) is 18.7 Å². The van der Waals surface area contributed by atoms with Crippen LogP contribution in [0.5, 0.6) is 0 Å². The minimum atomic E-state index is -0.238. The summed E-state index contributed by atoms with van der Waals surface area (Å²) in [5.41, 5.74) is 0. The highest BCUT2D eigenvalue weighted by molar-refractivity contribution is 5.81. The molecule has 1 amide bonds. The molecular weight excluding hydrogens is 270 g/mol. The van der Waals surface area contributed by atoms with E-state index in [4.69, 9.17) is 9.26 Å². The number of rotatable bonds is 3. The molecule has 2 aliphatic rings. The Bertz CT molecular complexity index is 494. The van der Waals surface area contributed by atoms with Crippen LogP contribution in [0.25, 0.3) is 0 Å². The largest absolute Gasteiger partial charge is 0.368 e. The van der Waals surface area contributed by atoms with E-state index in [2.05, 4.69) is 10.1 Å². The Kier molecular flexibility index (Phi) is 4.24. The van der Waals surface area contributed by atoms with E-state index >= 15 is 0 Å². The van der Waals surface area contributed by atoms with Gasteiger partial charge in [0.15, 0.2) is 5.82 Å². The quantitative estimate of drug-likeness (QED) is 0.853. The molecule has 1 aromatic heterocycles. The van der Waals surface area contributed by atoms with Crippen LogP contribution in [0.15, 0.2) is 4.52 Å². The highest BCUT2D eigenvalue weighted by atomic mass is 16.5. The molecule has 2 saturated heterocycles. The molecule has 2 aliphatic heterocycles. The maximum atomic E-state index is 12.4. The fourth-order valence-electron chi connectivity index (χ4n) is 3.00. The molecule has 0 aliphatic carbocycles. The van der Waals surface area contributed by atoms with Gasteiger partial charge < -0.3 is 14.2 Å². The number of nitrogens with zero attached hydrogens (tertiary/aromatic N) is 3. The van der Waals surface area contributed by atoms with Crippen LogP contribution in [0, 0.1) is 0 Å². The lowest BCUT2D eigenvalue weighted by Crippen LogP contribution is -2.44. The van der Waals surface area contributed by atoms with Crippen molar-refractivity contribution in [2.75, 3.05) is 19.7 Å². The van der Waals surface area contributed by atoms with E-state index < -0.39 is 0 Å². The molecule has 0 aromatic carbocycles. The van der Waals surface area contributed by atoms with Crippen LogP contribution in [0.1, 0.15) is 63.1 Å². The lowest BCUT2D eigenvalue weighted by Gasteiger charge is -2.32. The highest BCUT2D eigenvalue weighted by Crippen LogP contribution is 2.28. The molecule has 2 atom stereocenters. The molecule has 6 nitrogen and oxygen atoms in total. The summed E-state index contributed by atoms with van der Waals surface area (Å²) < 4.78 is 10.9. The van der Waals surface area contributed by atoms with Gasteiger partial charge in [0.05, 0.1) is 5.92 Å². The van der Waals surface area contributed by atoms with Crippen molar-refractivity contribution in [1.82, 2.24) is 15.0 Å². The van der Waals surface area contributed by atoms with E-state index in [-0.39, 0.29) is 23.8 Å². The highest BCUT2D eigenvalue weighted by Gasteiger charge is 2.33. The zero-order valence-corrected chi connectivity index (χ0v) is 12.7.